The summed E-state index contributed by atoms with van der Waals surface area (Å²) in [4.78, 5) is 107. The molecule has 4 aliphatic rings. The van der Waals surface area contributed by atoms with E-state index in [1.807, 2.05) is 58.7 Å². The highest BCUT2D eigenvalue weighted by atomic mass is 32.2. The Morgan fingerprint density at radius 3 is 1.33 bits per heavy atom. The van der Waals surface area contributed by atoms with Crippen LogP contribution in [0, 0.1) is 12.8 Å². The highest BCUT2D eigenvalue weighted by Gasteiger charge is 2.35. The van der Waals surface area contributed by atoms with E-state index in [1.165, 1.54) is 25.3 Å². The summed E-state index contributed by atoms with van der Waals surface area (Å²) < 4.78 is 26.4. The molecule has 111 heavy (non-hydrogen) atoms. The van der Waals surface area contributed by atoms with Crippen molar-refractivity contribution in [3.63, 3.8) is 0 Å². The number of amides is 6. The van der Waals surface area contributed by atoms with Crippen molar-refractivity contribution in [3.05, 3.63) is 163 Å². The Morgan fingerprint density at radius 2 is 0.919 bits per heavy atom. The molecule has 6 amide bonds. The average molecular weight is 1630 g/mol. The second-order valence-corrected chi connectivity index (χ2v) is 37.7. The number of aromatic nitrogens is 6. The molecule has 6 aromatic heterocycles. The largest absolute Gasteiger partial charge is 0.496 e. The number of rotatable bonds is 25. The molecule has 3 saturated heterocycles. The highest BCUT2D eigenvalue weighted by molar-refractivity contribution is 8.01. The van der Waals surface area contributed by atoms with Gasteiger partial charge in [-0.3, -0.25) is 28.8 Å². The van der Waals surface area contributed by atoms with Crippen molar-refractivity contribution in [3.8, 4) is 5.75 Å². The van der Waals surface area contributed by atoms with Crippen LogP contribution in [0.1, 0.15) is 188 Å². The number of piperidine rings is 3. The number of benzene rings is 2. The molecule has 31 heteroatoms. The maximum absolute atomic E-state index is 13.3. The third kappa shape index (κ3) is 24.9. The smallest absolute Gasteiger partial charge is 0.257 e. The van der Waals surface area contributed by atoms with E-state index in [-0.39, 0.29) is 81.8 Å². The van der Waals surface area contributed by atoms with Gasteiger partial charge < -0.3 is 64.6 Å². The first-order valence-electron chi connectivity index (χ1n) is 37.4. The first-order chi connectivity index (χ1) is 53.0. The number of thiazole rings is 3. The quantitative estimate of drug-likeness (QED) is 0.0229. The number of methoxy groups -OCH3 is 1. The monoisotopic (exact) mass is 1630 g/mol. The Morgan fingerprint density at radius 1 is 0.505 bits per heavy atom. The van der Waals surface area contributed by atoms with Crippen LogP contribution in [-0.2, 0) is 52.7 Å². The Balaban J connectivity index is 0.000000177. The second kappa shape index (κ2) is 39.1. The number of aryl methyl sites for hydroxylation is 1. The van der Waals surface area contributed by atoms with Crippen molar-refractivity contribution in [1.29, 1.82) is 0 Å². The van der Waals surface area contributed by atoms with Gasteiger partial charge in [0.25, 0.3) is 11.8 Å². The molecule has 9 heterocycles. The molecule has 8 aromatic rings. The molecule has 4 fully saturated rings. The number of hydrogen-bond donors (Lipinski definition) is 6. The van der Waals surface area contributed by atoms with Crippen molar-refractivity contribution >= 4 is 132 Å². The summed E-state index contributed by atoms with van der Waals surface area (Å²) in [6.07, 6.45) is 23.9. The molecule has 0 bridgehead atoms. The second-order valence-electron chi connectivity index (χ2n) is 30.7. The van der Waals surface area contributed by atoms with Gasteiger partial charge in [0.15, 0.2) is 15.4 Å². The van der Waals surface area contributed by atoms with E-state index in [9.17, 15) is 28.8 Å². The molecule has 1 unspecified atom stereocenters. The van der Waals surface area contributed by atoms with Gasteiger partial charge in [-0.05, 0) is 119 Å². The number of hydrogen-bond acceptors (Lipinski definition) is 25. The summed E-state index contributed by atoms with van der Waals surface area (Å²) in [5.41, 5.74) is 2.94. The third-order valence-electron chi connectivity index (χ3n) is 18.9. The van der Waals surface area contributed by atoms with E-state index < -0.39 is 0 Å². The number of likely N-dealkylation sites (tertiary alicyclic amines) is 3. The first-order valence-corrected chi connectivity index (χ1v) is 42.8. The normalized spacial score (nSPS) is 17.6. The lowest BCUT2D eigenvalue weighted by Gasteiger charge is -2.37. The molecule has 0 spiro atoms. The van der Waals surface area contributed by atoms with Crippen LogP contribution >= 0.6 is 69.3 Å². The van der Waals surface area contributed by atoms with Crippen molar-refractivity contribution in [2.24, 2.45) is 5.92 Å². The number of ether oxygens (including phenoxy) is 1. The molecule has 1 saturated carbocycles. The fraction of sp³-hybridized carbons (Fsp3) is 0.475. The average Bonchev–Trinajstić information content (AvgIpc) is 1.82. The third-order valence-corrected chi connectivity index (χ3v) is 25.2. The number of oxazole rings is 3. The van der Waals surface area contributed by atoms with Gasteiger partial charge >= 0.3 is 0 Å². The number of thioether (sulfide) groups is 3. The van der Waals surface area contributed by atoms with Crippen LogP contribution in [0.4, 0.5) is 26.8 Å². The van der Waals surface area contributed by atoms with E-state index >= 15 is 0 Å². The zero-order valence-corrected chi connectivity index (χ0v) is 70.1. The Hall–Kier alpha value is -8.75. The van der Waals surface area contributed by atoms with Gasteiger partial charge in [-0.1, -0.05) is 122 Å². The van der Waals surface area contributed by atoms with Crippen LogP contribution in [0.3, 0.4) is 0 Å². The van der Waals surface area contributed by atoms with Crippen molar-refractivity contribution < 1.29 is 46.8 Å². The van der Waals surface area contributed by atoms with Crippen LogP contribution in [0.15, 0.2) is 137 Å². The van der Waals surface area contributed by atoms with Gasteiger partial charge in [0.2, 0.25) is 41.3 Å². The lowest BCUT2D eigenvalue weighted by atomic mass is 9.84. The summed E-state index contributed by atoms with van der Waals surface area (Å²) in [6, 6.07) is 10.9. The molecule has 12 rings (SSSR count). The molecule has 6 N–H and O–H groups in total. The minimum atomic E-state index is -0.327. The van der Waals surface area contributed by atoms with Gasteiger partial charge in [0.1, 0.15) is 23.0 Å². The fourth-order valence-electron chi connectivity index (χ4n) is 12.8. The van der Waals surface area contributed by atoms with Crippen LogP contribution in [0.2, 0.25) is 0 Å². The van der Waals surface area contributed by atoms with Crippen molar-refractivity contribution in [1.82, 2.24) is 49.9 Å². The zero-order chi connectivity index (χ0) is 79.6. The molecule has 2 aromatic carbocycles. The van der Waals surface area contributed by atoms with Crippen LogP contribution in [0.25, 0.3) is 0 Å². The zero-order valence-electron chi connectivity index (χ0n) is 65.2. The lowest BCUT2D eigenvalue weighted by molar-refractivity contribution is -0.137. The summed E-state index contributed by atoms with van der Waals surface area (Å²) in [5.74, 6) is 6.64. The molecule has 3 aliphatic heterocycles. The van der Waals surface area contributed by atoms with Gasteiger partial charge in [-0.15, -0.1) is 35.3 Å². The summed E-state index contributed by atoms with van der Waals surface area (Å²) in [6.45, 7) is 35.2. The molecule has 0 radical (unpaired) electrons. The molecule has 594 valence electrons. The minimum absolute atomic E-state index is 0.00144. The first kappa shape index (κ1) is 84.7. The predicted octanol–water partition coefficient (Wildman–Crippen LogP) is 16.4. The van der Waals surface area contributed by atoms with E-state index in [1.54, 1.807) is 106 Å². The molecule has 4 atom stereocenters. The fourth-order valence-corrected chi connectivity index (χ4v) is 18.2. The van der Waals surface area contributed by atoms with Crippen molar-refractivity contribution in [2.45, 2.75) is 204 Å². The molecule has 25 nitrogen and oxygen atoms in total. The lowest BCUT2D eigenvalue weighted by Crippen LogP contribution is -2.48. The number of anilines is 5. The number of nitrogens with zero attached hydrogens (tertiary/aromatic N) is 9. The summed E-state index contributed by atoms with van der Waals surface area (Å²) in [7, 11) is 1.51. The number of carbonyl (C=O) groups excluding carboxylic acids is 6. The number of nitrogens with one attached hydrogen (secondary N) is 6. The van der Waals surface area contributed by atoms with Crippen molar-refractivity contribution in [2.75, 3.05) is 73.0 Å². The van der Waals surface area contributed by atoms with Crippen LogP contribution in [0.5, 0.6) is 5.75 Å². The maximum atomic E-state index is 13.3. The van der Waals surface area contributed by atoms with Crippen LogP contribution in [-0.4, -0.2) is 151 Å². The maximum Gasteiger partial charge on any atom is 0.257 e. The highest BCUT2D eigenvalue weighted by Crippen LogP contribution is 2.38. The Bertz CT molecular complexity index is 4510. The van der Waals surface area contributed by atoms with Gasteiger partial charge in [-0.25, -0.2) is 29.9 Å². The van der Waals surface area contributed by atoms with E-state index in [2.05, 4.69) is 144 Å². The van der Waals surface area contributed by atoms with Crippen LogP contribution < -0.4 is 36.6 Å². The van der Waals surface area contributed by atoms with Gasteiger partial charge in [0.05, 0.1) is 79.7 Å². The van der Waals surface area contributed by atoms with E-state index in [4.69, 9.17) is 18.0 Å². The minimum Gasteiger partial charge on any atom is -0.496 e. The SMILES string of the molecule is C=CC(=O)NC1CCN(C(=O)C2CCC[C@@H](Nc3ncc(SCc4ncc(C(C)(C)C)o4)s3)C2)CC1.C=CC(=O)Nc1ccc(C(=O)N2CCC[C@@H](Nc3ncc(SCc4ncc(C(C)(C)C)o4)s3)C2)c(C)c1.C=CC(=O)Nc1ccc(C(=O)N2CCC[C@@H](Nc3ncc(SCc4ncc(C(C)(C)C)o4)s3)C2)c(OC)c1. The molecule has 1 aliphatic carbocycles. The summed E-state index contributed by atoms with van der Waals surface area (Å²) in [5, 5.41) is 21.5. The van der Waals surface area contributed by atoms with E-state index in [0.29, 0.717) is 90.0 Å². The topological polar surface area (TPSA) is 310 Å². The standard InChI is InChI=1S/C27H33N5O4S2.C27H33N5O3S2.C26H37N5O3S2/c1-6-22(33)30-17-9-10-19(20(12-17)35-5)25(34)32-11-7-8-18(15-32)31-26-29-14-24(38-26)37-16-23-28-13-21(36-23)27(2,3)4;1-6-22(33)30-18-9-10-20(17(2)12-18)25(34)32-11-7-8-19(15-32)31-26-29-14-24(37-26)36-16-23-28-13-21(35-23)27(3,4)5;1-5-21(32)29-18-9-11-31(12-10-18)24(33)17-7-6-8-19(13-17)30-25-28-15-23(36-25)35-16-22-27-14-20(34-22)26(2,3)4/h6,9-10,12-14,18H,1,7-8,11,15-16H2,2-5H3,(H,29,31)(H,30,33);6,9-10,12-14,19H,1,7-8,11,15-16H2,2-5H3,(H,29,31)(H,30,33);5,14-15,17-19H,1,6-13,16H2,2-4H3,(H,28,30)(H,29,32)/t18-;19-;17?,19-/m111/s1. The number of carbonyl (C=O) groups is 6. The summed E-state index contributed by atoms with van der Waals surface area (Å²) >= 11 is 9.80. The predicted molar refractivity (Wildman–Crippen MR) is 445 cm³/mol. The van der Waals surface area contributed by atoms with E-state index in [0.717, 1.165) is 128 Å². The Labute approximate surface area is 675 Å². The molecular formula is C80H103N15O10S6. The van der Waals surface area contributed by atoms with Gasteiger partial charge in [0, 0.05) is 109 Å². The Kier molecular flexibility index (Phi) is 29.9. The van der Waals surface area contributed by atoms with Gasteiger partial charge in [-0.2, -0.15) is 0 Å². The molecular weight excluding hydrogens is 1520 g/mol.